The molecule has 1 aromatic rings. The fourth-order valence-electron chi connectivity index (χ4n) is 1.01. The van der Waals surface area contributed by atoms with Crippen LogP contribution >= 0.6 is 7.82 Å². The molecule has 1 rings (SSSR count). The van der Waals surface area contributed by atoms with Crippen LogP contribution in [0.5, 0.6) is 17.2 Å². The van der Waals surface area contributed by atoms with Gasteiger partial charge in [0, 0.05) is 28.4 Å². The third kappa shape index (κ3) is 4.57. The van der Waals surface area contributed by atoms with Gasteiger partial charge in [-0.15, -0.1) is 0 Å². The molecule has 0 aromatic heterocycles. The SMILES string of the molecule is COc1ccc(OP(=O)(O)O)cc1OC.[Ag]. The summed E-state index contributed by atoms with van der Waals surface area (Å²) in [6.45, 7) is 0. The van der Waals surface area contributed by atoms with E-state index in [0.29, 0.717) is 11.5 Å². The van der Waals surface area contributed by atoms with Gasteiger partial charge in [0.25, 0.3) is 0 Å². The third-order valence-corrected chi connectivity index (χ3v) is 2.03. The van der Waals surface area contributed by atoms with Crippen molar-refractivity contribution in [2.24, 2.45) is 0 Å². The van der Waals surface area contributed by atoms with Gasteiger partial charge in [-0.05, 0) is 12.1 Å². The molecule has 0 atom stereocenters. The molecule has 1 radical (unpaired) electrons. The van der Waals surface area contributed by atoms with Crippen molar-refractivity contribution in [3.05, 3.63) is 18.2 Å². The Balaban J connectivity index is 0.00000225. The summed E-state index contributed by atoms with van der Waals surface area (Å²) in [5.74, 6) is 0.806. The molecule has 0 aliphatic rings. The fourth-order valence-corrected chi connectivity index (χ4v) is 1.40. The van der Waals surface area contributed by atoms with Crippen LogP contribution in [0.2, 0.25) is 0 Å². The molecule has 95 valence electrons. The van der Waals surface area contributed by atoms with E-state index in [1.54, 1.807) is 0 Å². The minimum Gasteiger partial charge on any atom is -0.493 e. The molecular formula is C8H11AgO6P. The Hall–Kier alpha value is -0.490. The van der Waals surface area contributed by atoms with Crippen molar-refractivity contribution in [1.82, 2.24) is 0 Å². The molecule has 2 N–H and O–H groups in total. The van der Waals surface area contributed by atoms with E-state index in [-0.39, 0.29) is 28.1 Å². The molecule has 1 aromatic carbocycles. The average molecular weight is 342 g/mol. The van der Waals surface area contributed by atoms with Crippen LogP contribution < -0.4 is 14.0 Å². The van der Waals surface area contributed by atoms with E-state index in [2.05, 4.69) is 4.52 Å². The molecule has 0 fully saturated rings. The Kier molecular flexibility index (Phi) is 6.10. The topological polar surface area (TPSA) is 85.2 Å². The van der Waals surface area contributed by atoms with Crippen molar-refractivity contribution in [2.45, 2.75) is 0 Å². The van der Waals surface area contributed by atoms with Gasteiger partial charge in [0.1, 0.15) is 5.75 Å². The molecule has 0 amide bonds. The van der Waals surface area contributed by atoms with E-state index in [4.69, 9.17) is 19.3 Å². The predicted octanol–water partition coefficient (Wildman–Crippen LogP) is 1.17. The van der Waals surface area contributed by atoms with E-state index in [1.165, 1.54) is 32.4 Å². The van der Waals surface area contributed by atoms with Crippen molar-refractivity contribution in [3.63, 3.8) is 0 Å². The van der Waals surface area contributed by atoms with E-state index < -0.39 is 7.82 Å². The molecule has 0 saturated heterocycles. The number of hydrogen-bond acceptors (Lipinski definition) is 4. The number of ether oxygens (including phenoxy) is 2. The summed E-state index contributed by atoms with van der Waals surface area (Å²) < 4.78 is 24.8. The van der Waals surface area contributed by atoms with Gasteiger partial charge < -0.3 is 14.0 Å². The summed E-state index contributed by atoms with van der Waals surface area (Å²) in [6, 6.07) is 4.20. The molecular weight excluding hydrogens is 331 g/mol. The monoisotopic (exact) mass is 341 g/mol. The molecule has 0 aliphatic heterocycles. The summed E-state index contributed by atoms with van der Waals surface area (Å²) in [4.78, 5) is 17.2. The van der Waals surface area contributed by atoms with Gasteiger partial charge in [-0.25, -0.2) is 4.57 Å². The molecule has 6 nitrogen and oxygen atoms in total. The Labute approximate surface area is 108 Å². The normalized spacial score (nSPS) is 10.2. The zero-order chi connectivity index (χ0) is 11.5. The minimum absolute atomic E-state index is 0. The molecule has 0 spiro atoms. The quantitative estimate of drug-likeness (QED) is 0.631. The van der Waals surface area contributed by atoms with E-state index in [1.807, 2.05) is 0 Å². The standard InChI is InChI=1S/C8H11O6P.Ag/c1-12-7-4-3-6(5-8(7)13-2)14-15(9,10)11;/h3-5H,1-2H3,(H2,9,10,11);. The fraction of sp³-hybridized carbons (Fsp3) is 0.250. The van der Waals surface area contributed by atoms with Crippen molar-refractivity contribution in [1.29, 1.82) is 0 Å². The van der Waals surface area contributed by atoms with Gasteiger partial charge >= 0.3 is 7.82 Å². The maximum atomic E-state index is 10.6. The van der Waals surface area contributed by atoms with Crippen LogP contribution in [-0.4, -0.2) is 24.0 Å². The van der Waals surface area contributed by atoms with Crippen LogP contribution in [0, 0.1) is 0 Å². The second kappa shape index (κ2) is 6.30. The first-order chi connectivity index (χ1) is 6.96. The maximum Gasteiger partial charge on any atom is 0.524 e. The first-order valence-corrected chi connectivity index (χ1v) is 5.46. The maximum absolute atomic E-state index is 10.6. The van der Waals surface area contributed by atoms with Crippen molar-refractivity contribution < 1.29 is 50.7 Å². The second-order valence-electron chi connectivity index (χ2n) is 2.60. The van der Waals surface area contributed by atoms with Crippen LogP contribution in [0.1, 0.15) is 0 Å². The van der Waals surface area contributed by atoms with Gasteiger partial charge in [-0.2, -0.15) is 0 Å². The van der Waals surface area contributed by atoms with E-state index in [0.717, 1.165) is 0 Å². The summed E-state index contributed by atoms with van der Waals surface area (Å²) >= 11 is 0. The number of phosphoric acid groups is 1. The van der Waals surface area contributed by atoms with Gasteiger partial charge in [-0.3, -0.25) is 9.79 Å². The molecule has 0 unspecified atom stereocenters. The molecule has 8 heteroatoms. The van der Waals surface area contributed by atoms with Crippen molar-refractivity contribution >= 4 is 7.82 Å². The molecule has 0 bridgehead atoms. The number of phosphoric ester groups is 1. The number of methoxy groups -OCH3 is 2. The van der Waals surface area contributed by atoms with Crippen LogP contribution in [0.4, 0.5) is 0 Å². The average Bonchev–Trinajstić information content (AvgIpc) is 2.15. The Bertz CT molecular complexity index is 390. The molecule has 16 heavy (non-hydrogen) atoms. The largest absolute Gasteiger partial charge is 0.524 e. The van der Waals surface area contributed by atoms with Gasteiger partial charge in [0.2, 0.25) is 0 Å². The Morgan fingerprint density at radius 2 is 1.69 bits per heavy atom. The molecule has 0 heterocycles. The van der Waals surface area contributed by atoms with Gasteiger partial charge in [-0.1, -0.05) is 0 Å². The zero-order valence-corrected chi connectivity index (χ0v) is 10.9. The Morgan fingerprint density at radius 1 is 1.12 bits per heavy atom. The first kappa shape index (κ1) is 15.5. The van der Waals surface area contributed by atoms with Crippen molar-refractivity contribution in [2.75, 3.05) is 14.2 Å². The minimum atomic E-state index is -4.54. The van der Waals surface area contributed by atoms with E-state index >= 15 is 0 Å². The Morgan fingerprint density at radius 3 is 2.12 bits per heavy atom. The van der Waals surface area contributed by atoms with Crippen LogP contribution in [0.15, 0.2) is 18.2 Å². The number of rotatable bonds is 4. The van der Waals surface area contributed by atoms with Gasteiger partial charge in [0.05, 0.1) is 14.2 Å². The van der Waals surface area contributed by atoms with Gasteiger partial charge in [0.15, 0.2) is 11.5 Å². The third-order valence-electron chi connectivity index (χ3n) is 1.58. The summed E-state index contributed by atoms with van der Waals surface area (Å²) in [5, 5.41) is 0. The molecule has 0 aliphatic carbocycles. The smallest absolute Gasteiger partial charge is 0.493 e. The number of hydrogen-bond donors (Lipinski definition) is 2. The van der Waals surface area contributed by atoms with Crippen LogP contribution in [0.3, 0.4) is 0 Å². The second-order valence-corrected chi connectivity index (χ2v) is 3.76. The zero-order valence-electron chi connectivity index (χ0n) is 8.51. The van der Waals surface area contributed by atoms with Crippen LogP contribution in [-0.2, 0) is 26.9 Å². The predicted molar refractivity (Wildman–Crippen MR) is 52.2 cm³/mol. The van der Waals surface area contributed by atoms with E-state index in [9.17, 15) is 4.57 Å². The summed E-state index contributed by atoms with van der Waals surface area (Å²) in [5.41, 5.74) is 0. The van der Waals surface area contributed by atoms with Crippen LogP contribution in [0.25, 0.3) is 0 Å². The summed E-state index contributed by atoms with van der Waals surface area (Å²) in [7, 11) is -1.66. The molecule has 0 saturated carbocycles. The summed E-state index contributed by atoms with van der Waals surface area (Å²) in [6.07, 6.45) is 0. The number of benzene rings is 1. The van der Waals surface area contributed by atoms with Crippen molar-refractivity contribution in [3.8, 4) is 17.2 Å². The first-order valence-electron chi connectivity index (χ1n) is 3.93.